The van der Waals surface area contributed by atoms with Crippen molar-refractivity contribution < 1.29 is 19.1 Å². The van der Waals surface area contributed by atoms with Crippen molar-refractivity contribution in [2.24, 2.45) is 4.99 Å². The van der Waals surface area contributed by atoms with Gasteiger partial charge in [0.15, 0.2) is 11.6 Å². The number of carbonyl (C=O) groups excluding carboxylic acids is 2. The van der Waals surface area contributed by atoms with Gasteiger partial charge < -0.3 is 14.0 Å². The number of para-hydroxylation sites is 1. The van der Waals surface area contributed by atoms with E-state index < -0.39 is 18.0 Å². The zero-order valence-corrected chi connectivity index (χ0v) is 20.0. The number of hydrogen-bond donors (Lipinski definition) is 0. The summed E-state index contributed by atoms with van der Waals surface area (Å²) in [6, 6.07) is 15.2. The van der Waals surface area contributed by atoms with E-state index in [-0.39, 0.29) is 34.6 Å². The topological polar surface area (TPSA) is 104 Å². The normalized spacial score (nSPS) is 12.8. The van der Waals surface area contributed by atoms with Crippen LogP contribution in [0.3, 0.4) is 0 Å². The lowest BCUT2D eigenvalue weighted by Crippen LogP contribution is -2.35. The lowest BCUT2D eigenvalue weighted by Gasteiger charge is -2.18. The number of aromatic nitrogens is 3. The van der Waals surface area contributed by atoms with Crippen LogP contribution in [-0.4, -0.2) is 38.5 Å². The molecule has 1 amide bonds. The Bertz CT molecular complexity index is 1540. The Labute approximate surface area is 201 Å². The highest BCUT2D eigenvalue weighted by Gasteiger charge is 2.22. The number of amides is 1. The smallest absolute Gasteiger partial charge is 0.341 e. The van der Waals surface area contributed by atoms with Crippen LogP contribution in [0.15, 0.2) is 70.6 Å². The average molecular weight is 475 g/mol. The third-order valence-electron chi connectivity index (χ3n) is 5.37. The summed E-state index contributed by atoms with van der Waals surface area (Å²) in [5, 5.41) is 0.213. The molecule has 0 bridgehead atoms. The molecule has 0 spiro atoms. The molecule has 3 heterocycles. The van der Waals surface area contributed by atoms with Gasteiger partial charge in [-0.1, -0.05) is 24.3 Å². The highest BCUT2D eigenvalue weighted by molar-refractivity contribution is 5.94. The van der Waals surface area contributed by atoms with Crippen molar-refractivity contribution in [3.63, 3.8) is 0 Å². The van der Waals surface area contributed by atoms with Gasteiger partial charge in [-0.25, -0.2) is 9.78 Å². The summed E-state index contributed by atoms with van der Waals surface area (Å²) >= 11 is 0. The first kappa shape index (κ1) is 23.9. The fourth-order valence-electron chi connectivity index (χ4n) is 3.75. The number of ether oxygens (including phenoxy) is 2. The molecule has 0 aliphatic carbocycles. The fraction of sp³-hybridized carbons (Fsp3) is 0.269. The first-order valence-electron chi connectivity index (χ1n) is 11.4. The number of carbonyl (C=O) groups is 2. The summed E-state index contributed by atoms with van der Waals surface area (Å²) in [7, 11) is 0. The molecule has 4 rings (SSSR count). The van der Waals surface area contributed by atoms with E-state index in [1.807, 2.05) is 19.9 Å². The predicted molar refractivity (Wildman–Crippen MR) is 130 cm³/mol. The third-order valence-corrected chi connectivity index (χ3v) is 5.37. The Morgan fingerprint density at radius 1 is 1.06 bits per heavy atom. The first-order valence-corrected chi connectivity index (χ1v) is 11.4. The summed E-state index contributed by atoms with van der Waals surface area (Å²) in [5.41, 5.74) is 0.465. The second kappa shape index (κ2) is 9.92. The monoisotopic (exact) mass is 474 g/mol. The van der Waals surface area contributed by atoms with E-state index in [0.29, 0.717) is 17.0 Å². The first-order chi connectivity index (χ1) is 16.8. The van der Waals surface area contributed by atoms with Crippen LogP contribution >= 0.6 is 0 Å². The van der Waals surface area contributed by atoms with Crippen LogP contribution in [-0.2, 0) is 9.53 Å². The van der Waals surface area contributed by atoms with E-state index in [1.54, 1.807) is 67.1 Å². The molecule has 0 saturated heterocycles. The van der Waals surface area contributed by atoms with Gasteiger partial charge in [-0.15, -0.1) is 0 Å². The Kier molecular flexibility index (Phi) is 6.77. The van der Waals surface area contributed by atoms with Crippen molar-refractivity contribution in [3.8, 4) is 5.75 Å². The van der Waals surface area contributed by atoms with Crippen LogP contribution in [0.2, 0.25) is 0 Å². The maximum atomic E-state index is 13.3. The lowest BCUT2D eigenvalue weighted by molar-refractivity contribution is -0.124. The molecule has 3 aromatic heterocycles. The van der Waals surface area contributed by atoms with E-state index >= 15 is 0 Å². The van der Waals surface area contributed by atoms with Crippen molar-refractivity contribution in [1.29, 1.82) is 0 Å². The quantitative estimate of drug-likeness (QED) is 0.314. The van der Waals surface area contributed by atoms with Crippen LogP contribution in [0, 0.1) is 0 Å². The number of hydrogen-bond acceptors (Lipinski definition) is 6. The Balaban J connectivity index is 1.99. The minimum absolute atomic E-state index is 0.00286. The maximum Gasteiger partial charge on any atom is 0.341 e. The number of esters is 1. The summed E-state index contributed by atoms with van der Waals surface area (Å²) < 4.78 is 14.0. The number of nitrogens with zero attached hydrogens (tertiary/aromatic N) is 4. The van der Waals surface area contributed by atoms with E-state index in [9.17, 15) is 14.4 Å². The zero-order chi connectivity index (χ0) is 25.1. The molecule has 180 valence electrons. The molecule has 9 heteroatoms. The molecule has 1 aromatic carbocycles. The van der Waals surface area contributed by atoms with Crippen molar-refractivity contribution in [3.05, 3.63) is 82.2 Å². The van der Waals surface area contributed by atoms with Crippen LogP contribution in [0.5, 0.6) is 5.75 Å². The molecule has 0 saturated carbocycles. The van der Waals surface area contributed by atoms with Crippen LogP contribution in [0.1, 0.15) is 44.1 Å². The van der Waals surface area contributed by atoms with Gasteiger partial charge in [0, 0.05) is 12.2 Å². The summed E-state index contributed by atoms with van der Waals surface area (Å²) in [5.74, 6) is -0.763. The number of fused-ring (bicyclic) bond motifs is 2. The Morgan fingerprint density at radius 2 is 1.77 bits per heavy atom. The Hall–Kier alpha value is -4.27. The number of pyridine rings is 2. The zero-order valence-electron chi connectivity index (χ0n) is 20.0. The molecule has 0 N–H and O–H groups in total. The van der Waals surface area contributed by atoms with Crippen molar-refractivity contribution in [2.75, 3.05) is 6.61 Å². The van der Waals surface area contributed by atoms with E-state index in [2.05, 4.69) is 9.98 Å². The van der Waals surface area contributed by atoms with Gasteiger partial charge in [0.05, 0.1) is 12.0 Å². The van der Waals surface area contributed by atoms with Crippen molar-refractivity contribution >= 4 is 28.6 Å². The van der Waals surface area contributed by atoms with Gasteiger partial charge in [0.25, 0.3) is 11.5 Å². The van der Waals surface area contributed by atoms with Gasteiger partial charge in [-0.3, -0.25) is 14.0 Å². The van der Waals surface area contributed by atoms with Gasteiger partial charge in [-0.05, 0) is 58.0 Å². The van der Waals surface area contributed by atoms with Crippen LogP contribution in [0.25, 0.3) is 16.7 Å². The summed E-state index contributed by atoms with van der Waals surface area (Å²) in [6.07, 6.45) is 0.692. The second-order valence-electron chi connectivity index (χ2n) is 8.17. The largest absolute Gasteiger partial charge is 0.481 e. The maximum absolute atomic E-state index is 13.3. The molecule has 1 atom stereocenters. The van der Waals surface area contributed by atoms with Gasteiger partial charge in [0.1, 0.15) is 22.6 Å². The average Bonchev–Trinajstić information content (AvgIpc) is 2.84. The second-order valence-corrected chi connectivity index (χ2v) is 8.17. The minimum atomic E-state index is -0.918. The van der Waals surface area contributed by atoms with Gasteiger partial charge in [-0.2, -0.15) is 4.99 Å². The van der Waals surface area contributed by atoms with Gasteiger partial charge in [0.2, 0.25) is 0 Å². The molecule has 0 aliphatic rings. The molecule has 9 nitrogen and oxygen atoms in total. The standard InChI is InChI=1S/C26H26N4O5/c1-5-34-26(33)20-15-19-22(27-21-13-9-10-14-29(21)25(19)32)30(16(2)3)23(20)28-24(31)17(4)35-18-11-7-6-8-12-18/h6-17H,5H2,1-4H3. The fourth-order valence-corrected chi connectivity index (χ4v) is 3.75. The van der Waals surface area contributed by atoms with Crippen molar-refractivity contribution in [2.45, 2.75) is 39.8 Å². The van der Waals surface area contributed by atoms with Gasteiger partial charge >= 0.3 is 5.97 Å². The molecular formula is C26H26N4O5. The SMILES string of the molecule is CCOC(=O)c1cc2c(=O)n3ccccc3nc2n(C(C)C)c1=NC(=O)C(C)Oc1ccccc1. The van der Waals surface area contributed by atoms with E-state index in [1.165, 1.54) is 10.5 Å². The Morgan fingerprint density at radius 3 is 2.46 bits per heavy atom. The van der Waals surface area contributed by atoms with Crippen LogP contribution < -0.4 is 15.8 Å². The molecule has 0 aliphatic heterocycles. The molecule has 4 aromatic rings. The molecule has 35 heavy (non-hydrogen) atoms. The summed E-state index contributed by atoms with van der Waals surface area (Å²) in [4.78, 5) is 48.3. The number of rotatable bonds is 6. The molecule has 0 fully saturated rings. The molecule has 0 radical (unpaired) electrons. The van der Waals surface area contributed by atoms with Crippen molar-refractivity contribution in [1.82, 2.24) is 14.0 Å². The lowest BCUT2D eigenvalue weighted by atomic mass is 10.2. The molecular weight excluding hydrogens is 448 g/mol. The number of benzene rings is 1. The highest BCUT2D eigenvalue weighted by atomic mass is 16.5. The minimum Gasteiger partial charge on any atom is -0.481 e. The molecule has 1 unspecified atom stereocenters. The predicted octanol–water partition coefficient (Wildman–Crippen LogP) is 3.30. The van der Waals surface area contributed by atoms with E-state index in [4.69, 9.17) is 9.47 Å². The third kappa shape index (κ3) is 4.70. The van der Waals surface area contributed by atoms with E-state index in [0.717, 1.165) is 0 Å². The highest BCUT2D eigenvalue weighted by Crippen LogP contribution is 2.16. The van der Waals surface area contributed by atoms with Crippen LogP contribution in [0.4, 0.5) is 0 Å². The summed E-state index contributed by atoms with van der Waals surface area (Å²) in [6.45, 7) is 7.10.